The maximum atomic E-state index is 3.62. The fraction of sp³-hybridized carbons (Fsp3) is 1.00. The second-order valence-corrected chi connectivity index (χ2v) is 5.78. The highest BCUT2D eigenvalue weighted by atomic mass is 15.0. The molecule has 14 heavy (non-hydrogen) atoms. The molecular weight excluding hydrogens is 172 g/mol. The second-order valence-electron chi connectivity index (χ2n) is 5.78. The molecule has 0 aromatic carbocycles. The molecule has 0 aliphatic carbocycles. The van der Waals surface area contributed by atoms with E-state index in [2.05, 4.69) is 24.5 Å². The Hall–Kier alpha value is -0.0800. The van der Waals surface area contributed by atoms with Gasteiger partial charge in [-0.15, -0.1) is 0 Å². The van der Waals surface area contributed by atoms with Crippen LogP contribution < -0.4 is 10.6 Å². The average molecular weight is 196 g/mol. The first-order chi connectivity index (χ1) is 6.66. The zero-order valence-electron chi connectivity index (χ0n) is 9.60. The van der Waals surface area contributed by atoms with Gasteiger partial charge in [-0.1, -0.05) is 0 Å². The summed E-state index contributed by atoms with van der Waals surface area (Å²) >= 11 is 0. The maximum Gasteiger partial charge on any atom is 0.0128 e. The van der Waals surface area contributed by atoms with Crippen LogP contribution in [0.4, 0.5) is 0 Å². The topological polar surface area (TPSA) is 24.1 Å². The van der Waals surface area contributed by atoms with Gasteiger partial charge in [0, 0.05) is 5.54 Å². The molecule has 2 heteroatoms. The summed E-state index contributed by atoms with van der Waals surface area (Å²) in [5, 5.41) is 7.12. The molecule has 2 aliphatic rings. The van der Waals surface area contributed by atoms with Crippen LogP contribution >= 0.6 is 0 Å². The third kappa shape index (κ3) is 2.71. The quantitative estimate of drug-likeness (QED) is 0.703. The van der Waals surface area contributed by atoms with Gasteiger partial charge in [0.25, 0.3) is 0 Å². The Morgan fingerprint density at radius 3 is 2.64 bits per heavy atom. The second kappa shape index (κ2) is 4.19. The van der Waals surface area contributed by atoms with Crippen molar-refractivity contribution in [2.24, 2.45) is 11.8 Å². The molecule has 82 valence electrons. The molecule has 2 fully saturated rings. The lowest BCUT2D eigenvalue weighted by Gasteiger charge is -2.25. The monoisotopic (exact) mass is 196 g/mol. The molecule has 2 heterocycles. The van der Waals surface area contributed by atoms with Gasteiger partial charge in [-0.25, -0.2) is 0 Å². The van der Waals surface area contributed by atoms with Crippen LogP contribution in [0.25, 0.3) is 0 Å². The predicted octanol–water partition coefficient (Wildman–Crippen LogP) is 1.76. The van der Waals surface area contributed by atoms with Crippen LogP contribution in [0.5, 0.6) is 0 Å². The Balaban J connectivity index is 1.75. The molecule has 0 aromatic heterocycles. The summed E-state index contributed by atoms with van der Waals surface area (Å²) in [7, 11) is 0. The van der Waals surface area contributed by atoms with Gasteiger partial charge < -0.3 is 10.6 Å². The molecule has 0 radical (unpaired) electrons. The van der Waals surface area contributed by atoms with Crippen LogP contribution in [0.2, 0.25) is 0 Å². The minimum absolute atomic E-state index is 0.396. The summed E-state index contributed by atoms with van der Waals surface area (Å²) in [5.41, 5.74) is 0.396. The lowest BCUT2D eigenvalue weighted by Crippen LogP contribution is -2.31. The standard InChI is InChI=1S/C12H24N2/c1-12(2)7-11(9-14-12)6-10-4-3-5-13-8-10/h10-11,13-14H,3-9H2,1-2H3. The fourth-order valence-electron chi connectivity index (χ4n) is 3.05. The van der Waals surface area contributed by atoms with Crippen molar-refractivity contribution in [2.45, 2.75) is 45.1 Å². The minimum atomic E-state index is 0.396. The average Bonchev–Trinajstić information content (AvgIpc) is 2.47. The first-order valence-corrected chi connectivity index (χ1v) is 6.11. The van der Waals surface area contributed by atoms with Crippen LogP contribution in [0.15, 0.2) is 0 Å². The van der Waals surface area contributed by atoms with Crippen LogP contribution in [0.3, 0.4) is 0 Å². The summed E-state index contributed by atoms with van der Waals surface area (Å²) in [5.74, 6) is 1.87. The Kier molecular flexibility index (Phi) is 3.13. The van der Waals surface area contributed by atoms with E-state index in [-0.39, 0.29) is 0 Å². The molecule has 0 spiro atoms. The Labute approximate surface area is 87.8 Å². The molecular formula is C12H24N2. The highest BCUT2D eigenvalue weighted by Crippen LogP contribution is 2.30. The van der Waals surface area contributed by atoms with E-state index in [9.17, 15) is 0 Å². The molecule has 2 saturated heterocycles. The van der Waals surface area contributed by atoms with E-state index in [0.717, 1.165) is 11.8 Å². The fourth-order valence-corrected chi connectivity index (χ4v) is 3.05. The Bertz CT molecular complexity index is 183. The number of piperidine rings is 1. The van der Waals surface area contributed by atoms with Crippen molar-refractivity contribution in [3.8, 4) is 0 Å². The Morgan fingerprint density at radius 1 is 1.21 bits per heavy atom. The molecule has 2 nitrogen and oxygen atoms in total. The zero-order valence-corrected chi connectivity index (χ0v) is 9.60. The largest absolute Gasteiger partial charge is 0.316 e. The summed E-state index contributed by atoms with van der Waals surface area (Å²) in [6, 6.07) is 0. The van der Waals surface area contributed by atoms with Crippen molar-refractivity contribution in [2.75, 3.05) is 19.6 Å². The normalized spacial score (nSPS) is 37.3. The molecule has 2 aliphatic heterocycles. The molecule has 2 atom stereocenters. The minimum Gasteiger partial charge on any atom is -0.316 e. The van der Waals surface area contributed by atoms with Crippen molar-refractivity contribution in [1.82, 2.24) is 10.6 Å². The SMILES string of the molecule is CC1(C)CC(CC2CCCNC2)CN1. The molecule has 0 amide bonds. The van der Waals surface area contributed by atoms with E-state index in [1.165, 1.54) is 45.3 Å². The molecule has 2 rings (SSSR count). The van der Waals surface area contributed by atoms with E-state index in [0.29, 0.717) is 5.54 Å². The highest BCUT2D eigenvalue weighted by Gasteiger charge is 2.31. The van der Waals surface area contributed by atoms with Crippen molar-refractivity contribution >= 4 is 0 Å². The Morgan fingerprint density at radius 2 is 2.07 bits per heavy atom. The zero-order chi connectivity index (χ0) is 10.0. The summed E-state index contributed by atoms with van der Waals surface area (Å²) in [4.78, 5) is 0. The molecule has 0 saturated carbocycles. The maximum absolute atomic E-state index is 3.62. The smallest absolute Gasteiger partial charge is 0.0128 e. The van der Waals surface area contributed by atoms with Gasteiger partial charge in [-0.3, -0.25) is 0 Å². The summed E-state index contributed by atoms with van der Waals surface area (Å²) in [6.45, 7) is 8.39. The van der Waals surface area contributed by atoms with Crippen molar-refractivity contribution < 1.29 is 0 Å². The van der Waals surface area contributed by atoms with Gasteiger partial charge in [0.2, 0.25) is 0 Å². The third-order valence-corrected chi connectivity index (χ3v) is 3.73. The van der Waals surface area contributed by atoms with Gasteiger partial charge in [0.1, 0.15) is 0 Å². The number of nitrogens with one attached hydrogen (secondary N) is 2. The van der Waals surface area contributed by atoms with Crippen LogP contribution in [-0.4, -0.2) is 25.2 Å². The van der Waals surface area contributed by atoms with Crippen molar-refractivity contribution in [3.05, 3.63) is 0 Å². The van der Waals surface area contributed by atoms with Crippen molar-refractivity contribution in [1.29, 1.82) is 0 Å². The van der Waals surface area contributed by atoms with E-state index in [1.807, 2.05) is 0 Å². The highest BCUT2D eigenvalue weighted by molar-refractivity contribution is 4.90. The van der Waals surface area contributed by atoms with E-state index >= 15 is 0 Å². The van der Waals surface area contributed by atoms with Gasteiger partial charge >= 0.3 is 0 Å². The first kappa shape index (κ1) is 10.4. The van der Waals surface area contributed by atoms with E-state index < -0.39 is 0 Å². The molecule has 0 bridgehead atoms. The molecule has 0 aromatic rings. The molecule has 2 N–H and O–H groups in total. The van der Waals surface area contributed by atoms with Gasteiger partial charge in [0.05, 0.1) is 0 Å². The van der Waals surface area contributed by atoms with Crippen LogP contribution in [0.1, 0.15) is 39.5 Å². The summed E-state index contributed by atoms with van der Waals surface area (Å²) < 4.78 is 0. The van der Waals surface area contributed by atoms with Crippen molar-refractivity contribution in [3.63, 3.8) is 0 Å². The number of hydrogen-bond donors (Lipinski definition) is 2. The van der Waals surface area contributed by atoms with Gasteiger partial charge in [-0.05, 0) is 71.0 Å². The first-order valence-electron chi connectivity index (χ1n) is 6.11. The summed E-state index contributed by atoms with van der Waals surface area (Å²) in [6.07, 6.45) is 5.63. The number of hydrogen-bond acceptors (Lipinski definition) is 2. The van der Waals surface area contributed by atoms with E-state index in [4.69, 9.17) is 0 Å². The van der Waals surface area contributed by atoms with Gasteiger partial charge in [0.15, 0.2) is 0 Å². The predicted molar refractivity (Wildman–Crippen MR) is 60.4 cm³/mol. The lowest BCUT2D eigenvalue weighted by atomic mass is 9.86. The number of rotatable bonds is 2. The lowest BCUT2D eigenvalue weighted by molar-refractivity contribution is 0.305. The van der Waals surface area contributed by atoms with Gasteiger partial charge in [-0.2, -0.15) is 0 Å². The van der Waals surface area contributed by atoms with Crippen LogP contribution in [0, 0.1) is 11.8 Å². The molecule has 2 unspecified atom stereocenters. The third-order valence-electron chi connectivity index (χ3n) is 3.73. The van der Waals surface area contributed by atoms with E-state index in [1.54, 1.807) is 0 Å². The van der Waals surface area contributed by atoms with Crippen LogP contribution in [-0.2, 0) is 0 Å².